The normalized spacial score (nSPS) is 29.6. The van der Waals surface area contributed by atoms with Crippen LogP contribution in [0.2, 0.25) is 0 Å². The van der Waals surface area contributed by atoms with Gasteiger partial charge < -0.3 is 15.0 Å². The Bertz CT molecular complexity index is 252. The number of nitrogens with two attached hydrogens (primary N) is 1. The van der Waals surface area contributed by atoms with Gasteiger partial charge in [-0.2, -0.15) is 0 Å². The first-order valence-electron chi connectivity index (χ1n) is 7.00. The molecule has 0 spiro atoms. The highest BCUT2D eigenvalue weighted by Gasteiger charge is 2.24. The van der Waals surface area contributed by atoms with Crippen LogP contribution in [0.5, 0.6) is 0 Å². The fraction of sp³-hybridized carbons (Fsp3) is 0.923. The molecule has 0 aromatic carbocycles. The molecule has 0 aromatic rings. The number of amides is 1. The Balaban J connectivity index is 1.65. The van der Waals surface area contributed by atoms with Gasteiger partial charge in [-0.3, -0.25) is 4.79 Å². The Kier molecular flexibility index (Phi) is 4.80. The van der Waals surface area contributed by atoms with Crippen LogP contribution in [0.25, 0.3) is 0 Å². The van der Waals surface area contributed by atoms with Gasteiger partial charge in [-0.25, -0.2) is 0 Å². The second-order valence-corrected chi connectivity index (χ2v) is 5.30. The van der Waals surface area contributed by atoms with Gasteiger partial charge in [-0.15, -0.1) is 0 Å². The maximum Gasteiger partial charge on any atom is 0.277 e. The highest BCUT2D eigenvalue weighted by atomic mass is 16.5. The average Bonchev–Trinajstić information content (AvgIpc) is 2.82. The molecule has 2 saturated heterocycles. The molecular weight excluding hydrogens is 216 g/mol. The van der Waals surface area contributed by atoms with Gasteiger partial charge in [0.25, 0.3) is 5.91 Å². The lowest BCUT2D eigenvalue weighted by Crippen LogP contribution is -2.88. The number of carbonyl (C=O) groups is 1. The number of rotatable bonds is 4. The molecule has 2 fully saturated rings. The van der Waals surface area contributed by atoms with Crippen LogP contribution in [0.15, 0.2) is 0 Å². The fourth-order valence-corrected chi connectivity index (χ4v) is 2.81. The molecule has 1 amide bonds. The number of carbonyl (C=O) groups excluding carboxylic acids is 1. The third-order valence-corrected chi connectivity index (χ3v) is 3.90. The van der Waals surface area contributed by atoms with Gasteiger partial charge in [0.1, 0.15) is 12.6 Å². The van der Waals surface area contributed by atoms with E-state index >= 15 is 0 Å². The Morgan fingerprint density at radius 1 is 1.35 bits per heavy atom. The van der Waals surface area contributed by atoms with Gasteiger partial charge in [0.15, 0.2) is 6.54 Å². The molecule has 0 radical (unpaired) electrons. The number of quaternary nitrogens is 1. The summed E-state index contributed by atoms with van der Waals surface area (Å²) in [5.74, 6) is 0.301. The molecule has 17 heavy (non-hydrogen) atoms. The summed E-state index contributed by atoms with van der Waals surface area (Å²) in [7, 11) is 0. The maximum atomic E-state index is 12.0. The van der Waals surface area contributed by atoms with Crippen molar-refractivity contribution < 1.29 is 14.8 Å². The number of hydrogen-bond acceptors (Lipinski definition) is 2. The summed E-state index contributed by atoms with van der Waals surface area (Å²) < 4.78 is 5.55. The quantitative estimate of drug-likeness (QED) is 0.760. The summed E-state index contributed by atoms with van der Waals surface area (Å²) in [5.41, 5.74) is 0. The third kappa shape index (κ3) is 3.68. The predicted molar refractivity (Wildman–Crippen MR) is 65.7 cm³/mol. The van der Waals surface area contributed by atoms with E-state index in [0.717, 1.165) is 32.5 Å². The smallest absolute Gasteiger partial charge is 0.277 e. The molecule has 4 nitrogen and oxygen atoms in total. The van der Waals surface area contributed by atoms with E-state index < -0.39 is 0 Å². The summed E-state index contributed by atoms with van der Waals surface area (Å²) >= 11 is 0. The van der Waals surface area contributed by atoms with Crippen LogP contribution < -0.4 is 5.32 Å². The lowest BCUT2D eigenvalue weighted by atomic mass is 10.0. The first kappa shape index (κ1) is 12.8. The highest BCUT2D eigenvalue weighted by Crippen LogP contribution is 2.15. The third-order valence-electron chi connectivity index (χ3n) is 3.90. The van der Waals surface area contributed by atoms with Gasteiger partial charge in [0.05, 0.1) is 0 Å². The van der Waals surface area contributed by atoms with Gasteiger partial charge in [0, 0.05) is 19.2 Å². The van der Waals surface area contributed by atoms with Crippen molar-refractivity contribution in [2.75, 3.05) is 26.2 Å². The van der Waals surface area contributed by atoms with Crippen LogP contribution in [0, 0.1) is 0 Å². The Morgan fingerprint density at radius 2 is 2.24 bits per heavy atom. The van der Waals surface area contributed by atoms with Crippen molar-refractivity contribution in [3.05, 3.63) is 0 Å². The average molecular weight is 241 g/mol. The topological polar surface area (TPSA) is 46.2 Å². The molecule has 2 aliphatic rings. The van der Waals surface area contributed by atoms with Crippen molar-refractivity contribution in [3.8, 4) is 0 Å². The summed E-state index contributed by atoms with van der Waals surface area (Å²) in [6.07, 6.45) is 6.31. The lowest BCUT2D eigenvalue weighted by Gasteiger charge is -2.32. The minimum absolute atomic E-state index is 0.301. The molecule has 0 unspecified atom stereocenters. The number of nitrogens with zero attached hydrogens (tertiary/aromatic N) is 1. The van der Waals surface area contributed by atoms with Crippen molar-refractivity contribution in [2.24, 2.45) is 0 Å². The molecule has 0 aromatic heterocycles. The van der Waals surface area contributed by atoms with Gasteiger partial charge in [0.2, 0.25) is 0 Å². The molecular formula is C13H25N2O2+. The second kappa shape index (κ2) is 6.36. The maximum absolute atomic E-state index is 12.0. The van der Waals surface area contributed by atoms with Crippen molar-refractivity contribution in [2.45, 2.75) is 51.2 Å². The van der Waals surface area contributed by atoms with E-state index in [4.69, 9.17) is 4.74 Å². The monoisotopic (exact) mass is 241 g/mol. The van der Waals surface area contributed by atoms with Crippen molar-refractivity contribution >= 4 is 5.91 Å². The van der Waals surface area contributed by atoms with Crippen molar-refractivity contribution in [1.29, 1.82) is 0 Å². The van der Waals surface area contributed by atoms with Gasteiger partial charge >= 0.3 is 0 Å². The van der Waals surface area contributed by atoms with E-state index in [1.54, 1.807) is 0 Å². The summed E-state index contributed by atoms with van der Waals surface area (Å²) in [4.78, 5) is 14.1. The molecule has 2 N–H and O–H groups in total. The molecule has 2 atom stereocenters. The molecule has 4 heteroatoms. The molecule has 98 valence electrons. The molecule has 0 bridgehead atoms. The van der Waals surface area contributed by atoms with Crippen LogP contribution in [0.4, 0.5) is 0 Å². The molecule has 2 aliphatic heterocycles. The molecule has 2 rings (SSSR count). The Morgan fingerprint density at radius 3 is 2.94 bits per heavy atom. The zero-order valence-electron chi connectivity index (χ0n) is 10.9. The van der Waals surface area contributed by atoms with Crippen LogP contribution in [-0.2, 0) is 9.53 Å². The largest absolute Gasteiger partial charge is 0.372 e. The second-order valence-electron chi connectivity index (χ2n) is 5.30. The summed E-state index contributed by atoms with van der Waals surface area (Å²) in [5, 5.41) is 2.11. The first-order chi connectivity index (χ1) is 8.27. The zero-order chi connectivity index (χ0) is 12.1. The summed E-state index contributed by atoms with van der Waals surface area (Å²) in [6.45, 7) is 5.54. The fourth-order valence-electron chi connectivity index (χ4n) is 2.81. The van der Waals surface area contributed by atoms with Crippen LogP contribution in [0.1, 0.15) is 39.0 Å². The minimum atomic E-state index is 0.301. The summed E-state index contributed by atoms with van der Waals surface area (Å²) in [6, 6.07) is 0.437. The molecule has 2 heterocycles. The SMILES string of the molecule is C[C@H]1CCCCN1C(=O)C[NH2+]C[C@@H]1CCCO1. The van der Waals surface area contributed by atoms with Crippen LogP contribution in [0.3, 0.4) is 0 Å². The van der Waals surface area contributed by atoms with Crippen molar-refractivity contribution in [1.82, 2.24) is 4.90 Å². The van der Waals surface area contributed by atoms with E-state index in [-0.39, 0.29) is 0 Å². The highest BCUT2D eigenvalue weighted by molar-refractivity contribution is 5.77. The number of likely N-dealkylation sites (tertiary alicyclic amines) is 1. The predicted octanol–water partition coefficient (Wildman–Crippen LogP) is 0.130. The van der Waals surface area contributed by atoms with Crippen molar-refractivity contribution in [3.63, 3.8) is 0 Å². The Labute approximate surface area is 104 Å². The number of piperidine rings is 1. The van der Waals surface area contributed by atoms with Crippen LogP contribution in [-0.4, -0.2) is 49.2 Å². The van der Waals surface area contributed by atoms with E-state index in [1.807, 2.05) is 0 Å². The number of hydrogen-bond donors (Lipinski definition) is 1. The van der Waals surface area contributed by atoms with E-state index in [2.05, 4.69) is 17.1 Å². The van der Waals surface area contributed by atoms with Gasteiger partial charge in [-0.05, 0) is 39.0 Å². The van der Waals surface area contributed by atoms with Crippen LogP contribution >= 0.6 is 0 Å². The Hall–Kier alpha value is -0.610. The molecule has 0 saturated carbocycles. The van der Waals surface area contributed by atoms with Gasteiger partial charge in [-0.1, -0.05) is 0 Å². The van der Waals surface area contributed by atoms with E-state index in [9.17, 15) is 4.79 Å². The lowest BCUT2D eigenvalue weighted by molar-refractivity contribution is -0.650. The van der Waals surface area contributed by atoms with E-state index in [1.165, 1.54) is 19.3 Å². The first-order valence-corrected chi connectivity index (χ1v) is 7.00. The molecule has 0 aliphatic carbocycles. The number of ether oxygens (including phenoxy) is 1. The minimum Gasteiger partial charge on any atom is -0.372 e. The van der Waals surface area contributed by atoms with E-state index in [0.29, 0.717) is 24.6 Å². The standard InChI is InChI=1S/C13H24N2O2/c1-11-5-2-3-7-15(11)13(16)10-14-9-12-6-4-8-17-12/h11-12,14H,2-10H2,1H3/p+1/t11-,12-/m0/s1. The zero-order valence-corrected chi connectivity index (χ0v) is 10.9.